The summed E-state index contributed by atoms with van der Waals surface area (Å²) in [5.41, 5.74) is 7.03. The van der Waals surface area contributed by atoms with Gasteiger partial charge in [0, 0.05) is 7.05 Å². The Morgan fingerprint density at radius 1 is 1.55 bits per heavy atom. The molecule has 112 valence electrons. The second-order valence-corrected chi connectivity index (χ2v) is 5.56. The monoisotopic (exact) mass is 280 g/mol. The van der Waals surface area contributed by atoms with Crippen LogP contribution in [0.25, 0.3) is 0 Å². The lowest BCUT2D eigenvalue weighted by Crippen LogP contribution is -2.27. The van der Waals surface area contributed by atoms with Crippen LogP contribution in [0.15, 0.2) is 5.16 Å². The summed E-state index contributed by atoms with van der Waals surface area (Å²) in [6.45, 7) is 4.05. The Kier molecular flexibility index (Phi) is 4.52. The van der Waals surface area contributed by atoms with Gasteiger partial charge in [-0.25, -0.2) is 4.68 Å². The van der Waals surface area contributed by atoms with Crippen LogP contribution in [-0.2, 0) is 7.05 Å². The van der Waals surface area contributed by atoms with Crippen molar-refractivity contribution in [3.05, 3.63) is 11.3 Å². The maximum Gasteiger partial charge on any atom is 0.223 e. The normalized spacial score (nSPS) is 23.9. The largest absolute Gasteiger partial charge is 0.474 e. The number of ether oxygens (including phenoxy) is 1. The average molecular weight is 280 g/mol. The minimum atomic E-state index is 0.0495. The van der Waals surface area contributed by atoms with Gasteiger partial charge in [-0.05, 0) is 32.1 Å². The smallest absolute Gasteiger partial charge is 0.223 e. The summed E-state index contributed by atoms with van der Waals surface area (Å²) in [6, 6.07) is 0. The van der Waals surface area contributed by atoms with Crippen molar-refractivity contribution in [1.29, 1.82) is 0 Å². The Labute approximate surface area is 119 Å². The quantitative estimate of drug-likeness (QED) is 0.383. The van der Waals surface area contributed by atoms with Crippen molar-refractivity contribution in [2.24, 2.45) is 23.9 Å². The van der Waals surface area contributed by atoms with Gasteiger partial charge in [0.1, 0.15) is 11.7 Å². The summed E-state index contributed by atoms with van der Waals surface area (Å²) < 4.78 is 7.79. The van der Waals surface area contributed by atoms with E-state index in [0.717, 1.165) is 18.8 Å². The van der Waals surface area contributed by atoms with Gasteiger partial charge in [0.2, 0.25) is 5.88 Å². The lowest BCUT2D eigenvalue weighted by molar-refractivity contribution is 0.112. The summed E-state index contributed by atoms with van der Waals surface area (Å²) in [5.74, 6) is 1.38. The minimum Gasteiger partial charge on any atom is -0.474 e. The zero-order valence-corrected chi connectivity index (χ0v) is 12.5. The van der Waals surface area contributed by atoms with Crippen molar-refractivity contribution in [2.45, 2.75) is 52.1 Å². The number of hydrogen-bond acceptors (Lipinski definition) is 4. The molecule has 0 aliphatic heterocycles. The molecule has 2 atom stereocenters. The van der Waals surface area contributed by atoms with Crippen LogP contribution in [0, 0.1) is 12.8 Å². The van der Waals surface area contributed by atoms with E-state index in [0.29, 0.717) is 17.1 Å². The molecule has 1 aliphatic rings. The van der Waals surface area contributed by atoms with E-state index >= 15 is 0 Å². The third-order valence-electron chi connectivity index (χ3n) is 4.12. The number of aromatic nitrogens is 2. The van der Waals surface area contributed by atoms with Crippen molar-refractivity contribution in [2.75, 3.05) is 0 Å². The van der Waals surface area contributed by atoms with E-state index in [1.165, 1.54) is 19.3 Å². The van der Waals surface area contributed by atoms with Gasteiger partial charge in [-0.3, -0.25) is 0 Å². The molecule has 2 unspecified atom stereocenters. The fourth-order valence-electron chi connectivity index (χ4n) is 2.99. The van der Waals surface area contributed by atoms with Gasteiger partial charge in [0.05, 0.1) is 5.69 Å². The summed E-state index contributed by atoms with van der Waals surface area (Å²) in [7, 11) is 1.82. The molecule has 6 nitrogen and oxygen atoms in total. The van der Waals surface area contributed by atoms with Gasteiger partial charge in [0.25, 0.3) is 0 Å². The van der Waals surface area contributed by atoms with Gasteiger partial charge in [-0.2, -0.15) is 5.10 Å². The Morgan fingerprint density at radius 2 is 2.30 bits per heavy atom. The first kappa shape index (κ1) is 14.7. The predicted octanol–water partition coefficient (Wildman–Crippen LogP) is 2.17. The molecule has 0 amide bonds. The Balaban J connectivity index is 2.20. The number of aryl methyl sites for hydroxylation is 2. The van der Waals surface area contributed by atoms with Crippen LogP contribution in [0.1, 0.15) is 50.3 Å². The molecule has 20 heavy (non-hydrogen) atoms. The summed E-state index contributed by atoms with van der Waals surface area (Å²) >= 11 is 0. The molecule has 3 N–H and O–H groups in total. The first-order chi connectivity index (χ1) is 9.56. The molecule has 0 spiro atoms. The van der Waals surface area contributed by atoms with Crippen molar-refractivity contribution in [3.8, 4) is 5.88 Å². The van der Waals surface area contributed by atoms with Crippen molar-refractivity contribution in [1.82, 2.24) is 9.78 Å². The van der Waals surface area contributed by atoms with Gasteiger partial charge >= 0.3 is 0 Å². The van der Waals surface area contributed by atoms with Crippen LogP contribution in [0.5, 0.6) is 5.88 Å². The number of oxime groups is 1. The molecule has 0 aromatic carbocycles. The minimum absolute atomic E-state index is 0.0495. The van der Waals surface area contributed by atoms with E-state index in [4.69, 9.17) is 15.7 Å². The topological polar surface area (TPSA) is 85.7 Å². The SMILES string of the molecule is CCC1CCCC(Oc2c(C(N)=NO)c(C)nn2C)C1. The lowest BCUT2D eigenvalue weighted by Gasteiger charge is -2.29. The van der Waals surface area contributed by atoms with Crippen LogP contribution in [0.4, 0.5) is 0 Å². The third-order valence-corrected chi connectivity index (χ3v) is 4.12. The highest BCUT2D eigenvalue weighted by molar-refractivity contribution is 6.00. The summed E-state index contributed by atoms with van der Waals surface area (Å²) in [5, 5.41) is 16.3. The fraction of sp³-hybridized carbons (Fsp3) is 0.714. The zero-order chi connectivity index (χ0) is 14.7. The predicted molar refractivity (Wildman–Crippen MR) is 77.1 cm³/mol. The zero-order valence-electron chi connectivity index (χ0n) is 12.5. The Morgan fingerprint density at radius 3 is 2.95 bits per heavy atom. The third kappa shape index (κ3) is 2.89. The summed E-state index contributed by atoms with van der Waals surface area (Å²) in [6.07, 6.45) is 5.98. The highest BCUT2D eigenvalue weighted by Crippen LogP contribution is 2.31. The molecule has 0 saturated heterocycles. The first-order valence-electron chi connectivity index (χ1n) is 7.24. The van der Waals surface area contributed by atoms with Crippen LogP contribution < -0.4 is 10.5 Å². The number of nitrogens with zero attached hydrogens (tertiary/aromatic N) is 3. The van der Waals surface area contributed by atoms with E-state index in [1.54, 1.807) is 4.68 Å². The molecule has 0 bridgehead atoms. The van der Waals surface area contributed by atoms with Crippen LogP contribution in [0.3, 0.4) is 0 Å². The molecule has 2 rings (SSSR count). The molecular formula is C14H24N4O2. The Bertz CT molecular complexity index is 496. The lowest BCUT2D eigenvalue weighted by atomic mass is 9.85. The standard InChI is InChI=1S/C14H24N4O2/c1-4-10-6-5-7-11(8-10)20-14-12(13(15)17-19)9(2)16-18(14)3/h10-11,19H,4-8H2,1-3H3,(H2,15,17). The maximum atomic E-state index is 8.90. The number of hydrogen-bond donors (Lipinski definition) is 2. The molecule has 1 fully saturated rings. The average Bonchev–Trinajstić information content (AvgIpc) is 2.73. The maximum absolute atomic E-state index is 8.90. The second-order valence-electron chi connectivity index (χ2n) is 5.56. The van der Waals surface area contributed by atoms with Gasteiger partial charge in [0.15, 0.2) is 5.84 Å². The number of nitrogens with two attached hydrogens (primary N) is 1. The molecular weight excluding hydrogens is 256 g/mol. The molecule has 1 aliphatic carbocycles. The van der Waals surface area contributed by atoms with E-state index in [9.17, 15) is 0 Å². The van der Waals surface area contributed by atoms with Gasteiger partial charge < -0.3 is 15.7 Å². The molecule has 6 heteroatoms. The van der Waals surface area contributed by atoms with E-state index in [1.807, 2.05) is 14.0 Å². The van der Waals surface area contributed by atoms with Crippen molar-refractivity contribution in [3.63, 3.8) is 0 Å². The van der Waals surface area contributed by atoms with Crippen LogP contribution in [0.2, 0.25) is 0 Å². The highest BCUT2D eigenvalue weighted by atomic mass is 16.5. The van der Waals surface area contributed by atoms with Gasteiger partial charge in [-0.15, -0.1) is 0 Å². The van der Waals surface area contributed by atoms with E-state index in [2.05, 4.69) is 17.2 Å². The fourth-order valence-corrected chi connectivity index (χ4v) is 2.99. The summed E-state index contributed by atoms with van der Waals surface area (Å²) in [4.78, 5) is 0. The molecule has 0 radical (unpaired) electrons. The number of rotatable bonds is 4. The molecule has 1 saturated carbocycles. The first-order valence-corrected chi connectivity index (χ1v) is 7.24. The van der Waals surface area contributed by atoms with Crippen LogP contribution >= 0.6 is 0 Å². The molecule has 1 aromatic heterocycles. The highest BCUT2D eigenvalue weighted by Gasteiger charge is 2.26. The van der Waals surface area contributed by atoms with Crippen LogP contribution in [-0.4, -0.2) is 26.9 Å². The molecule has 1 heterocycles. The van der Waals surface area contributed by atoms with Crippen molar-refractivity contribution >= 4 is 5.84 Å². The number of amidine groups is 1. The molecule has 1 aromatic rings. The van der Waals surface area contributed by atoms with Crippen molar-refractivity contribution < 1.29 is 9.94 Å². The van der Waals surface area contributed by atoms with E-state index in [-0.39, 0.29) is 11.9 Å². The Hall–Kier alpha value is -1.72. The second kappa shape index (κ2) is 6.15. The van der Waals surface area contributed by atoms with Gasteiger partial charge in [-0.1, -0.05) is 24.9 Å². The van der Waals surface area contributed by atoms with E-state index < -0.39 is 0 Å².